The highest BCUT2D eigenvalue weighted by Crippen LogP contribution is 2.32. The molecule has 0 saturated carbocycles. The van der Waals surface area contributed by atoms with Crippen molar-refractivity contribution in [1.29, 1.82) is 0 Å². The monoisotopic (exact) mass is 219 g/mol. The van der Waals surface area contributed by atoms with Gasteiger partial charge in [0.15, 0.2) is 0 Å². The minimum atomic E-state index is -0.180. The van der Waals surface area contributed by atoms with Crippen molar-refractivity contribution in [3.63, 3.8) is 0 Å². The fraction of sp³-hybridized carbons (Fsp3) is 0.571. The molecule has 2 N–H and O–H groups in total. The summed E-state index contributed by atoms with van der Waals surface area (Å²) in [6.45, 7) is 8.03. The predicted molar refractivity (Wildman–Crippen MR) is 66.6 cm³/mol. The van der Waals surface area contributed by atoms with E-state index in [9.17, 15) is 0 Å². The second-order valence-corrected chi connectivity index (χ2v) is 5.02. The Kier molecular flexibility index (Phi) is 3.04. The SMILES string of the molecule is Cc1cc(C)c(C2(N)CCOCC2)cc1C. The molecule has 1 fully saturated rings. The van der Waals surface area contributed by atoms with E-state index in [1.54, 1.807) is 0 Å². The predicted octanol–water partition coefficient (Wildman–Crippen LogP) is 2.58. The minimum Gasteiger partial charge on any atom is -0.381 e. The van der Waals surface area contributed by atoms with Gasteiger partial charge in [0.25, 0.3) is 0 Å². The first-order chi connectivity index (χ1) is 7.53. The van der Waals surface area contributed by atoms with E-state index >= 15 is 0 Å². The van der Waals surface area contributed by atoms with Gasteiger partial charge in [-0.05, 0) is 55.9 Å². The first-order valence-corrected chi connectivity index (χ1v) is 5.98. The molecule has 0 bridgehead atoms. The van der Waals surface area contributed by atoms with Crippen LogP contribution in [-0.4, -0.2) is 13.2 Å². The van der Waals surface area contributed by atoms with Crippen molar-refractivity contribution in [1.82, 2.24) is 0 Å². The maximum absolute atomic E-state index is 6.52. The second-order valence-electron chi connectivity index (χ2n) is 5.02. The minimum absolute atomic E-state index is 0.180. The Balaban J connectivity index is 2.42. The molecule has 0 spiro atoms. The van der Waals surface area contributed by atoms with Crippen LogP contribution in [0.15, 0.2) is 12.1 Å². The van der Waals surface area contributed by atoms with Crippen LogP contribution in [0.25, 0.3) is 0 Å². The molecule has 0 aliphatic carbocycles. The molecular weight excluding hydrogens is 198 g/mol. The summed E-state index contributed by atoms with van der Waals surface area (Å²) < 4.78 is 5.40. The van der Waals surface area contributed by atoms with Gasteiger partial charge in [0.2, 0.25) is 0 Å². The number of nitrogens with two attached hydrogens (primary N) is 1. The summed E-state index contributed by atoms with van der Waals surface area (Å²) in [5.41, 5.74) is 11.6. The second kappa shape index (κ2) is 4.19. The molecule has 16 heavy (non-hydrogen) atoms. The number of hydrogen-bond acceptors (Lipinski definition) is 2. The van der Waals surface area contributed by atoms with E-state index in [4.69, 9.17) is 10.5 Å². The summed E-state index contributed by atoms with van der Waals surface area (Å²) in [6, 6.07) is 4.50. The molecule has 1 aromatic carbocycles. The van der Waals surface area contributed by atoms with Crippen LogP contribution in [0.3, 0.4) is 0 Å². The van der Waals surface area contributed by atoms with Crippen molar-refractivity contribution in [3.8, 4) is 0 Å². The normalized spacial score (nSPS) is 19.8. The average Bonchev–Trinajstić information content (AvgIpc) is 2.24. The fourth-order valence-electron chi connectivity index (χ4n) is 2.50. The Hall–Kier alpha value is -0.860. The lowest BCUT2D eigenvalue weighted by Crippen LogP contribution is -2.42. The first kappa shape index (κ1) is 11.6. The lowest BCUT2D eigenvalue weighted by atomic mass is 9.80. The molecule has 1 aliphatic rings. The van der Waals surface area contributed by atoms with E-state index in [-0.39, 0.29) is 5.54 Å². The summed E-state index contributed by atoms with van der Waals surface area (Å²) >= 11 is 0. The van der Waals surface area contributed by atoms with Crippen LogP contribution in [0.5, 0.6) is 0 Å². The van der Waals surface area contributed by atoms with Crippen molar-refractivity contribution >= 4 is 0 Å². The van der Waals surface area contributed by atoms with Crippen LogP contribution in [0.4, 0.5) is 0 Å². The van der Waals surface area contributed by atoms with Gasteiger partial charge in [-0.25, -0.2) is 0 Å². The zero-order valence-corrected chi connectivity index (χ0v) is 10.5. The molecule has 2 nitrogen and oxygen atoms in total. The standard InChI is InChI=1S/C14H21NO/c1-10-8-12(3)13(9-11(10)2)14(15)4-6-16-7-5-14/h8-9H,4-7,15H2,1-3H3. The smallest absolute Gasteiger partial charge is 0.0486 e. The molecule has 0 atom stereocenters. The summed E-state index contributed by atoms with van der Waals surface area (Å²) in [4.78, 5) is 0. The fourth-order valence-corrected chi connectivity index (χ4v) is 2.50. The van der Waals surface area contributed by atoms with E-state index in [0.29, 0.717) is 0 Å². The Labute approximate surface area is 97.8 Å². The van der Waals surface area contributed by atoms with Crippen molar-refractivity contribution in [2.45, 2.75) is 39.2 Å². The first-order valence-electron chi connectivity index (χ1n) is 5.98. The van der Waals surface area contributed by atoms with E-state index in [2.05, 4.69) is 32.9 Å². The Morgan fingerprint density at radius 2 is 1.56 bits per heavy atom. The van der Waals surface area contributed by atoms with Crippen molar-refractivity contribution in [2.24, 2.45) is 5.73 Å². The van der Waals surface area contributed by atoms with Gasteiger partial charge in [0, 0.05) is 18.8 Å². The molecule has 1 aliphatic heterocycles. The number of aryl methyl sites for hydroxylation is 3. The molecule has 2 heteroatoms. The zero-order chi connectivity index (χ0) is 11.8. The van der Waals surface area contributed by atoms with E-state index < -0.39 is 0 Å². The molecule has 0 radical (unpaired) electrons. The number of rotatable bonds is 1. The highest BCUT2D eigenvalue weighted by molar-refractivity contribution is 5.40. The lowest BCUT2D eigenvalue weighted by molar-refractivity contribution is 0.0520. The van der Waals surface area contributed by atoms with Crippen LogP contribution < -0.4 is 5.73 Å². The summed E-state index contributed by atoms with van der Waals surface area (Å²) in [5.74, 6) is 0. The van der Waals surface area contributed by atoms with Gasteiger partial charge in [-0.15, -0.1) is 0 Å². The quantitative estimate of drug-likeness (QED) is 0.788. The summed E-state index contributed by atoms with van der Waals surface area (Å²) in [5, 5.41) is 0. The van der Waals surface area contributed by atoms with Crippen LogP contribution in [0.1, 0.15) is 35.1 Å². The maximum Gasteiger partial charge on any atom is 0.0486 e. The van der Waals surface area contributed by atoms with E-state index in [1.165, 1.54) is 22.3 Å². The van der Waals surface area contributed by atoms with Crippen LogP contribution in [-0.2, 0) is 10.3 Å². The Morgan fingerprint density at radius 1 is 1.00 bits per heavy atom. The average molecular weight is 219 g/mol. The topological polar surface area (TPSA) is 35.2 Å². The molecule has 1 heterocycles. The summed E-state index contributed by atoms with van der Waals surface area (Å²) in [6.07, 6.45) is 1.85. The van der Waals surface area contributed by atoms with Gasteiger partial charge in [0.1, 0.15) is 0 Å². The van der Waals surface area contributed by atoms with Gasteiger partial charge < -0.3 is 10.5 Å². The van der Waals surface area contributed by atoms with Gasteiger partial charge >= 0.3 is 0 Å². The number of ether oxygens (including phenoxy) is 1. The van der Waals surface area contributed by atoms with Crippen LogP contribution >= 0.6 is 0 Å². The largest absolute Gasteiger partial charge is 0.381 e. The van der Waals surface area contributed by atoms with Crippen LogP contribution in [0, 0.1) is 20.8 Å². The van der Waals surface area contributed by atoms with Gasteiger partial charge in [-0.3, -0.25) is 0 Å². The highest BCUT2D eigenvalue weighted by Gasteiger charge is 2.31. The number of hydrogen-bond donors (Lipinski definition) is 1. The molecule has 0 amide bonds. The molecule has 88 valence electrons. The zero-order valence-electron chi connectivity index (χ0n) is 10.5. The van der Waals surface area contributed by atoms with Crippen LogP contribution in [0.2, 0.25) is 0 Å². The molecule has 1 saturated heterocycles. The lowest BCUT2D eigenvalue weighted by Gasteiger charge is -2.35. The summed E-state index contributed by atoms with van der Waals surface area (Å²) in [7, 11) is 0. The van der Waals surface area contributed by atoms with Gasteiger partial charge in [-0.1, -0.05) is 12.1 Å². The van der Waals surface area contributed by atoms with Gasteiger partial charge in [0.05, 0.1) is 0 Å². The molecule has 0 aromatic heterocycles. The third-order valence-corrected chi connectivity index (χ3v) is 3.76. The van der Waals surface area contributed by atoms with Crippen molar-refractivity contribution in [2.75, 3.05) is 13.2 Å². The molecule has 2 rings (SSSR count). The number of benzene rings is 1. The van der Waals surface area contributed by atoms with Crippen molar-refractivity contribution in [3.05, 3.63) is 34.4 Å². The highest BCUT2D eigenvalue weighted by atomic mass is 16.5. The molecule has 0 unspecified atom stereocenters. The maximum atomic E-state index is 6.52. The third kappa shape index (κ3) is 2.00. The van der Waals surface area contributed by atoms with E-state index in [0.717, 1.165) is 26.1 Å². The Morgan fingerprint density at radius 3 is 2.19 bits per heavy atom. The Bertz CT molecular complexity index is 392. The molecular formula is C14H21NO. The van der Waals surface area contributed by atoms with E-state index in [1.807, 2.05) is 0 Å². The van der Waals surface area contributed by atoms with Crippen molar-refractivity contribution < 1.29 is 4.74 Å². The molecule has 1 aromatic rings. The van der Waals surface area contributed by atoms with Gasteiger partial charge in [-0.2, -0.15) is 0 Å². The third-order valence-electron chi connectivity index (χ3n) is 3.76.